The van der Waals surface area contributed by atoms with Gasteiger partial charge in [0.2, 0.25) is 0 Å². The molecule has 3 aromatic heterocycles. The number of fused-ring (bicyclic) bond motifs is 1. The first-order valence-corrected chi connectivity index (χ1v) is 12.4. The molecule has 0 radical (unpaired) electrons. The van der Waals surface area contributed by atoms with Crippen LogP contribution in [0.2, 0.25) is 0 Å². The topological polar surface area (TPSA) is 144 Å². The average Bonchev–Trinajstić information content (AvgIpc) is 3.39. The Labute approximate surface area is 210 Å². The van der Waals surface area contributed by atoms with Gasteiger partial charge < -0.3 is 31.3 Å². The summed E-state index contributed by atoms with van der Waals surface area (Å²) in [5, 5.41) is 6.02. The van der Waals surface area contributed by atoms with Crippen molar-refractivity contribution in [1.82, 2.24) is 30.6 Å². The van der Waals surface area contributed by atoms with Crippen molar-refractivity contribution in [2.75, 3.05) is 18.8 Å². The van der Waals surface area contributed by atoms with Gasteiger partial charge in [-0.25, -0.2) is 4.98 Å². The quantitative estimate of drug-likeness (QED) is 0.229. The van der Waals surface area contributed by atoms with E-state index in [1.807, 2.05) is 7.85 Å². The van der Waals surface area contributed by atoms with Gasteiger partial charge in [0.25, 0.3) is 11.8 Å². The first kappa shape index (κ1) is 23.2. The lowest BCUT2D eigenvalue weighted by Gasteiger charge is -2.31. The smallest absolute Gasteiger partial charge is 0.267 e. The number of aromatic nitrogens is 4. The zero-order valence-corrected chi connectivity index (χ0v) is 21.9. The standard InChI is InChI=1S/C19H21BBr3N7O2/c20-15-9(21)3-13(27-15)17(31)25-5-7-1-11-12(30-19(24)29-11)2-8(7)6-26-18(32)14-4-10(22)16(23)28-14/h3-4,7-8,27-28H,1-2,5-6,20H2,(H,25,31)(H,26,32)(H3,24,29,30)/t7-,8-/m0/s1. The summed E-state index contributed by atoms with van der Waals surface area (Å²) < 4.78 is 2.36. The minimum Gasteiger partial charge on any atom is -0.369 e. The monoisotopic (exact) mass is 627 g/mol. The lowest BCUT2D eigenvalue weighted by molar-refractivity contribution is 0.0911. The number of nitrogen functional groups attached to an aromatic ring is 1. The first-order chi connectivity index (χ1) is 15.2. The fraction of sp³-hybridized carbons (Fsp3) is 0.316. The van der Waals surface area contributed by atoms with Crippen LogP contribution >= 0.6 is 47.8 Å². The molecule has 3 heterocycles. The SMILES string of the molecule is Bc1[nH]c(C(=O)NC[C@@H]2Cc3[nH]c(N)nc3C[C@H]2CNC(=O)c2cc(Br)c(Br)[nH]2)cc1Br. The number of H-pyrrole nitrogens is 3. The van der Waals surface area contributed by atoms with Crippen LogP contribution in [0.3, 0.4) is 0 Å². The summed E-state index contributed by atoms with van der Waals surface area (Å²) in [6, 6.07) is 3.49. The summed E-state index contributed by atoms with van der Waals surface area (Å²) in [5.74, 6) is 0.215. The van der Waals surface area contributed by atoms with Gasteiger partial charge in [0.15, 0.2) is 13.8 Å². The number of rotatable bonds is 6. The molecule has 0 bridgehead atoms. The second kappa shape index (κ2) is 9.48. The van der Waals surface area contributed by atoms with Crippen molar-refractivity contribution < 1.29 is 9.59 Å². The second-order valence-electron chi connectivity index (χ2n) is 7.90. The summed E-state index contributed by atoms with van der Waals surface area (Å²) in [4.78, 5) is 38.8. The maximum Gasteiger partial charge on any atom is 0.267 e. The fourth-order valence-electron chi connectivity index (χ4n) is 3.95. The van der Waals surface area contributed by atoms with Gasteiger partial charge in [-0.3, -0.25) is 9.59 Å². The van der Waals surface area contributed by atoms with Crippen molar-refractivity contribution in [3.8, 4) is 0 Å². The van der Waals surface area contributed by atoms with Crippen molar-refractivity contribution in [2.45, 2.75) is 12.8 Å². The second-order valence-corrected chi connectivity index (χ2v) is 10.4. The minimum absolute atomic E-state index is 0.0911. The number of carbonyl (C=O) groups excluding carboxylic acids is 2. The van der Waals surface area contributed by atoms with Crippen molar-refractivity contribution >= 4 is 79.0 Å². The average molecular weight is 630 g/mol. The number of amides is 2. The van der Waals surface area contributed by atoms with Crippen LogP contribution in [-0.4, -0.2) is 52.7 Å². The van der Waals surface area contributed by atoms with Crippen LogP contribution in [0.15, 0.2) is 25.7 Å². The third-order valence-corrected chi connectivity index (χ3v) is 8.29. The molecule has 2 amide bonds. The number of carbonyl (C=O) groups is 2. The van der Waals surface area contributed by atoms with E-state index in [1.54, 1.807) is 12.1 Å². The molecule has 32 heavy (non-hydrogen) atoms. The Kier molecular flexibility index (Phi) is 6.87. The molecule has 13 heteroatoms. The molecule has 7 N–H and O–H groups in total. The maximum absolute atomic E-state index is 12.6. The molecular formula is C19H21BBr3N7O2. The zero-order valence-electron chi connectivity index (χ0n) is 17.1. The molecular weight excluding hydrogens is 609 g/mol. The van der Waals surface area contributed by atoms with Gasteiger partial charge in [0, 0.05) is 23.3 Å². The van der Waals surface area contributed by atoms with E-state index in [0.717, 1.165) is 25.9 Å². The van der Waals surface area contributed by atoms with E-state index in [1.165, 1.54) is 0 Å². The van der Waals surface area contributed by atoms with E-state index in [0.29, 0.717) is 47.9 Å². The van der Waals surface area contributed by atoms with E-state index < -0.39 is 0 Å². The molecule has 1 aliphatic rings. The molecule has 2 atom stereocenters. The maximum atomic E-state index is 12.6. The third kappa shape index (κ3) is 4.99. The van der Waals surface area contributed by atoms with Gasteiger partial charge in [-0.1, -0.05) is 0 Å². The highest BCUT2D eigenvalue weighted by atomic mass is 79.9. The molecule has 0 spiro atoms. The van der Waals surface area contributed by atoms with Gasteiger partial charge in [-0.2, -0.15) is 0 Å². The van der Waals surface area contributed by atoms with Crippen LogP contribution in [0.4, 0.5) is 5.95 Å². The van der Waals surface area contributed by atoms with Gasteiger partial charge in [-0.15, -0.1) is 0 Å². The Bertz CT molecular complexity index is 1050. The van der Waals surface area contributed by atoms with E-state index in [9.17, 15) is 9.59 Å². The molecule has 0 fully saturated rings. The Hall–Kier alpha value is -1.99. The number of nitrogens with one attached hydrogen (secondary N) is 5. The van der Waals surface area contributed by atoms with Gasteiger partial charge in [0.1, 0.15) is 11.4 Å². The summed E-state index contributed by atoms with van der Waals surface area (Å²) in [6.07, 6.45) is 1.35. The van der Waals surface area contributed by atoms with Crippen LogP contribution in [0.25, 0.3) is 0 Å². The lowest BCUT2D eigenvalue weighted by Crippen LogP contribution is -2.42. The summed E-state index contributed by atoms with van der Waals surface area (Å²) in [6.45, 7) is 0.917. The van der Waals surface area contributed by atoms with Crippen LogP contribution in [0, 0.1) is 11.8 Å². The highest BCUT2D eigenvalue weighted by Crippen LogP contribution is 2.29. The number of hydrogen-bond donors (Lipinski definition) is 6. The Balaban J connectivity index is 1.44. The highest BCUT2D eigenvalue weighted by Gasteiger charge is 2.31. The molecule has 3 aromatic rings. The van der Waals surface area contributed by atoms with Crippen molar-refractivity contribution in [1.29, 1.82) is 0 Å². The fourth-order valence-corrected chi connectivity index (χ4v) is 4.93. The molecule has 0 aliphatic heterocycles. The number of nitrogens with two attached hydrogens (primary N) is 1. The number of nitrogens with zero attached hydrogens (tertiary/aromatic N) is 1. The molecule has 0 aromatic carbocycles. The number of anilines is 1. The number of aromatic amines is 3. The van der Waals surface area contributed by atoms with Gasteiger partial charge in [0.05, 0.1) is 14.8 Å². The van der Waals surface area contributed by atoms with Crippen molar-refractivity contribution in [2.24, 2.45) is 11.8 Å². The Morgan fingerprint density at radius 3 is 2.16 bits per heavy atom. The first-order valence-electron chi connectivity index (χ1n) is 10.00. The predicted molar refractivity (Wildman–Crippen MR) is 135 cm³/mol. The number of hydrogen-bond acceptors (Lipinski definition) is 4. The molecule has 0 saturated carbocycles. The minimum atomic E-state index is -0.196. The van der Waals surface area contributed by atoms with Crippen molar-refractivity contribution in [3.05, 3.63) is 48.5 Å². The zero-order chi connectivity index (χ0) is 23.0. The molecule has 168 valence electrons. The summed E-state index contributed by atoms with van der Waals surface area (Å²) >= 11 is 10.1. The molecule has 0 unspecified atom stereocenters. The third-order valence-electron chi connectivity index (χ3n) is 5.69. The number of imidazole rings is 1. The Morgan fingerprint density at radius 2 is 1.59 bits per heavy atom. The largest absolute Gasteiger partial charge is 0.369 e. The molecule has 0 saturated heterocycles. The highest BCUT2D eigenvalue weighted by molar-refractivity contribution is 9.13. The predicted octanol–water partition coefficient (Wildman–Crippen LogP) is 1.39. The molecule has 1 aliphatic carbocycles. The van der Waals surface area contributed by atoms with E-state index in [2.05, 4.69) is 78.4 Å². The molecule has 4 rings (SSSR count). The Morgan fingerprint density at radius 1 is 1.00 bits per heavy atom. The van der Waals surface area contributed by atoms with Gasteiger partial charge in [-0.05, 0) is 90.2 Å². The van der Waals surface area contributed by atoms with E-state index in [-0.39, 0.29) is 23.7 Å². The molecule has 9 nitrogen and oxygen atoms in total. The number of halogens is 3. The van der Waals surface area contributed by atoms with Crippen LogP contribution in [0.1, 0.15) is 32.4 Å². The summed E-state index contributed by atoms with van der Waals surface area (Å²) in [5.41, 5.74) is 9.61. The van der Waals surface area contributed by atoms with E-state index in [4.69, 9.17) is 5.73 Å². The van der Waals surface area contributed by atoms with Crippen LogP contribution in [-0.2, 0) is 12.8 Å². The summed E-state index contributed by atoms with van der Waals surface area (Å²) in [7, 11) is 1.89. The van der Waals surface area contributed by atoms with Crippen LogP contribution < -0.4 is 22.0 Å². The van der Waals surface area contributed by atoms with Crippen molar-refractivity contribution in [3.63, 3.8) is 0 Å². The van der Waals surface area contributed by atoms with Crippen LogP contribution in [0.5, 0.6) is 0 Å². The lowest BCUT2D eigenvalue weighted by atomic mass is 9.79. The van der Waals surface area contributed by atoms with E-state index >= 15 is 0 Å². The van der Waals surface area contributed by atoms with Gasteiger partial charge >= 0.3 is 0 Å². The normalized spacial score (nSPS) is 17.7.